The summed E-state index contributed by atoms with van der Waals surface area (Å²) >= 11 is 6.96. The SMILES string of the molecule is COC1=NC2=CC=C(C(O)(/C(=C/N)N(C)N)c3ccc(C)nc3C)CC2C(Cl)=C1OC1CCOCC1. The van der Waals surface area contributed by atoms with Gasteiger partial charge in [0.05, 0.1) is 36.7 Å². The first-order valence-corrected chi connectivity index (χ1v) is 12.3. The minimum absolute atomic E-state index is 0.0390. The number of hydrogen-bond acceptors (Lipinski definition) is 9. The molecule has 0 aromatic carbocycles. The number of hydrazine groups is 1. The fourth-order valence-electron chi connectivity index (χ4n) is 4.97. The van der Waals surface area contributed by atoms with Crippen LogP contribution < -0.4 is 11.6 Å². The van der Waals surface area contributed by atoms with Crippen LogP contribution >= 0.6 is 11.6 Å². The van der Waals surface area contributed by atoms with Crippen molar-refractivity contribution in [1.82, 2.24) is 9.99 Å². The molecule has 1 aliphatic carbocycles. The van der Waals surface area contributed by atoms with Crippen LogP contribution in [-0.2, 0) is 19.8 Å². The van der Waals surface area contributed by atoms with Gasteiger partial charge >= 0.3 is 0 Å². The Kier molecular flexibility index (Phi) is 7.75. The fourth-order valence-corrected chi connectivity index (χ4v) is 5.28. The molecule has 2 unspecified atom stereocenters. The lowest BCUT2D eigenvalue weighted by molar-refractivity contribution is -0.00166. The summed E-state index contributed by atoms with van der Waals surface area (Å²) in [5, 5.41) is 14.1. The molecule has 3 aliphatic rings. The van der Waals surface area contributed by atoms with Crippen molar-refractivity contribution < 1.29 is 19.3 Å². The maximum absolute atomic E-state index is 12.3. The van der Waals surface area contributed by atoms with Crippen LogP contribution in [0.1, 0.15) is 36.2 Å². The molecule has 2 aliphatic heterocycles. The van der Waals surface area contributed by atoms with Crippen LogP contribution in [0.15, 0.2) is 63.2 Å². The summed E-state index contributed by atoms with van der Waals surface area (Å²) in [6.45, 7) is 5.02. The summed E-state index contributed by atoms with van der Waals surface area (Å²) in [6.07, 6.45) is 6.83. The number of likely N-dealkylation sites (N-methyl/N-ethyl adjacent to an activating group) is 1. The zero-order valence-electron chi connectivity index (χ0n) is 21.1. The van der Waals surface area contributed by atoms with Gasteiger partial charge in [0.1, 0.15) is 6.10 Å². The molecule has 0 bridgehead atoms. The zero-order valence-corrected chi connectivity index (χ0v) is 21.9. The summed E-state index contributed by atoms with van der Waals surface area (Å²) in [5.74, 6) is 6.56. The first kappa shape index (κ1) is 26.2. The lowest BCUT2D eigenvalue weighted by Crippen LogP contribution is -2.43. The van der Waals surface area contributed by atoms with Gasteiger partial charge in [-0.15, -0.1) is 0 Å². The van der Waals surface area contributed by atoms with Gasteiger partial charge in [-0.2, -0.15) is 0 Å². The molecular formula is C26H34ClN5O4. The molecule has 9 nitrogen and oxygen atoms in total. The van der Waals surface area contributed by atoms with Crippen molar-refractivity contribution in [1.29, 1.82) is 0 Å². The summed E-state index contributed by atoms with van der Waals surface area (Å²) in [4.78, 5) is 9.25. The van der Waals surface area contributed by atoms with Gasteiger partial charge in [0.2, 0.25) is 0 Å². The van der Waals surface area contributed by atoms with Crippen molar-refractivity contribution in [2.75, 3.05) is 27.4 Å². The number of hydrogen-bond donors (Lipinski definition) is 3. The summed E-state index contributed by atoms with van der Waals surface area (Å²) in [5.41, 5.74) is 8.13. The van der Waals surface area contributed by atoms with E-state index in [1.165, 1.54) is 11.2 Å². The van der Waals surface area contributed by atoms with Crippen LogP contribution in [-0.4, -0.2) is 54.5 Å². The molecule has 1 aromatic heterocycles. The van der Waals surface area contributed by atoms with Crippen molar-refractivity contribution in [3.05, 3.63) is 75.2 Å². The molecule has 1 aromatic rings. The van der Waals surface area contributed by atoms with Gasteiger partial charge in [-0.3, -0.25) is 4.98 Å². The fraction of sp³-hybridized carbons (Fsp3) is 0.462. The Labute approximate surface area is 216 Å². The largest absolute Gasteiger partial charge is 0.484 e. The second-order valence-corrected chi connectivity index (χ2v) is 9.63. The van der Waals surface area contributed by atoms with E-state index in [-0.39, 0.29) is 12.0 Å². The molecule has 0 saturated carbocycles. The summed E-state index contributed by atoms with van der Waals surface area (Å²) < 4.78 is 17.2. The van der Waals surface area contributed by atoms with Gasteiger partial charge in [0.15, 0.2) is 11.4 Å². The number of allylic oxidation sites excluding steroid dienone is 3. The number of pyridine rings is 1. The van der Waals surface area contributed by atoms with Crippen LogP contribution in [0, 0.1) is 19.8 Å². The second kappa shape index (κ2) is 10.6. The third-order valence-electron chi connectivity index (χ3n) is 6.82. The highest BCUT2D eigenvalue weighted by atomic mass is 35.5. The van der Waals surface area contributed by atoms with E-state index in [4.69, 9.17) is 37.4 Å². The smallest absolute Gasteiger partial charge is 0.258 e. The first-order chi connectivity index (χ1) is 17.2. The van der Waals surface area contributed by atoms with E-state index in [0.29, 0.717) is 58.9 Å². The standard InChI is InChI=1S/C26H34ClN5O4/c1-15-5-7-20(16(2)30-15)26(33,22(14-28)32(3)29)17-6-8-21-19(13-17)23(27)24(25(31-21)34-4)36-18-9-11-35-12-10-18/h5-8,14,18-19,33H,9-13,28-29H2,1-4H3/b22-14-. The number of aromatic nitrogens is 1. The van der Waals surface area contributed by atoms with Gasteiger partial charge < -0.3 is 30.1 Å². The van der Waals surface area contributed by atoms with E-state index in [1.54, 1.807) is 14.2 Å². The number of aliphatic hydroxyl groups is 1. The predicted octanol–water partition coefficient (Wildman–Crippen LogP) is 3.03. The minimum Gasteiger partial charge on any atom is -0.484 e. The topological polar surface area (TPSA) is 128 Å². The van der Waals surface area contributed by atoms with Crippen molar-refractivity contribution in [2.24, 2.45) is 22.5 Å². The Balaban J connectivity index is 1.78. The Morgan fingerprint density at radius 1 is 1.28 bits per heavy atom. The number of fused-ring (bicyclic) bond motifs is 1. The highest BCUT2D eigenvalue weighted by molar-refractivity contribution is 6.32. The monoisotopic (exact) mass is 515 g/mol. The Morgan fingerprint density at radius 2 is 2.00 bits per heavy atom. The van der Waals surface area contributed by atoms with Crippen LogP contribution in [0.4, 0.5) is 0 Å². The molecule has 5 N–H and O–H groups in total. The number of halogens is 1. The highest BCUT2D eigenvalue weighted by Crippen LogP contribution is 2.47. The molecule has 0 spiro atoms. The molecule has 0 radical (unpaired) electrons. The van der Waals surface area contributed by atoms with Crippen molar-refractivity contribution in [3.63, 3.8) is 0 Å². The number of nitrogens with two attached hydrogens (primary N) is 2. The molecule has 1 fully saturated rings. The van der Waals surface area contributed by atoms with Gasteiger partial charge in [0.25, 0.3) is 5.90 Å². The quantitative estimate of drug-likeness (QED) is 0.389. The van der Waals surface area contributed by atoms with Crippen LogP contribution in [0.25, 0.3) is 0 Å². The normalized spacial score (nSPS) is 22.7. The van der Waals surface area contributed by atoms with E-state index in [1.807, 2.05) is 38.1 Å². The average molecular weight is 516 g/mol. The molecule has 36 heavy (non-hydrogen) atoms. The molecule has 10 heteroatoms. The lowest BCUT2D eigenvalue weighted by Gasteiger charge is -2.40. The number of rotatable bonds is 6. The van der Waals surface area contributed by atoms with Crippen LogP contribution in [0.3, 0.4) is 0 Å². The highest BCUT2D eigenvalue weighted by Gasteiger charge is 2.44. The number of aryl methyl sites for hydroxylation is 2. The molecule has 194 valence electrons. The lowest BCUT2D eigenvalue weighted by atomic mass is 9.75. The van der Waals surface area contributed by atoms with Gasteiger partial charge in [-0.25, -0.2) is 10.8 Å². The third-order valence-corrected chi connectivity index (χ3v) is 7.25. The van der Waals surface area contributed by atoms with Crippen LogP contribution in [0.2, 0.25) is 0 Å². The van der Waals surface area contributed by atoms with Gasteiger partial charge in [-0.1, -0.05) is 23.7 Å². The Hall–Kier alpha value is -2.85. The van der Waals surface area contributed by atoms with Gasteiger partial charge in [-0.05, 0) is 38.0 Å². The Morgan fingerprint density at radius 3 is 2.61 bits per heavy atom. The average Bonchev–Trinajstić information content (AvgIpc) is 2.86. The predicted molar refractivity (Wildman–Crippen MR) is 138 cm³/mol. The van der Waals surface area contributed by atoms with E-state index in [9.17, 15) is 5.11 Å². The minimum atomic E-state index is -1.64. The van der Waals surface area contributed by atoms with Gasteiger partial charge in [0, 0.05) is 49.0 Å². The maximum Gasteiger partial charge on any atom is 0.258 e. The first-order valence-electron chi connectivity index (χ1n) is 12.0. The maximum atomic E-state index is 12.3. The Bertz CT molecular complexity index is 1170. The number of methoxy groups -OCH3 is 1. The number of nitrogens with zero attached hydrogens (tertiary/aromatic N) is 3. The molecule has 4 rings (SSSR count). The molecule has 2 atom stereocenters. The third kappa shape index (κ3) is 4.76. The second-order valence-electron chi connectivity index (χ2n) is 9.23. The van der Waals surface area contributed by atoms with E-state index in [2.05, 4.69) is 9.98 Å². The number of ether oxygens (including phenoxy) is 3. The van der Waals surface area contributed by atoms with Crippen molar-refractivity contribution >= 4 is 17.5 Å². The van der Waals surface area contributed by atoms with E-state index >= 15 is 0 Å². The van der Waals surface area contributed by atoms with Crippen molar-refractivity contribution in [3.8, 4) is 0 Å². The van der Waals surface area contributed by atoms with E-state index in [0.717, 1.165) is 24.2 Å². The molecular weight excluding hydrogens is 482 g/mol. The summed E-state index contributed by atoms with van der Waals surface area (Å²) in [6, 6.07) is 3.70. The number of dihydropyridines is 1. The molecule has 0 amide bonds. The summed E-state index contributed by atoms with van der Waals surface area (Å²) in [7, 11) is 3.18. The van der Waals surface area contributed by atoms with Crippen molar-refractivity contribution in [2.45, 2.75) is 44.8 Å². The van der Waals surface area contributed by atoms with Crippen LogP contribution in [0.5, 0.6) is 0 Å². The van der Waals surface area contributed by atoms with E-state index < -0.39 is 5.60 Å². The molecule has 3 heterocycles. The number of aliphatic imine (C=N–C) groups is 1. The molecule has 1 saturated heterocycles. The zero-order chi connectivity index (χ0) is 26.0.